The fourth-order valence-corrected chi connectivity index (χ4v) is 2.64. The van der Waals surface area contributed by atoms with E-state index in [0.29, 0.717) is 12.5 Å². The van der Waals surface area contributed by atoms with Crippen molar-refractivity contribution in [2.45, 2.75) is 31.8 Å². The molecule has 5 heteroatoms. The van der Waals surface area contributed by atoms with Gasteiger partial charge >= 0.3 is 6.09 Å². The zero-order valence-corrected chi connectivity index (χ0v) is 12.3. The first kappa shape index (κ1) is 14.0. The van der Waals surface area contributed by atoms with Gasteiger partial charge in [-0.25, -0.2) is 4.79 Å². The minimum absolute atomic E-state index is 0.212. The lowest BCUT2D eigenvalue weighted by Crippen LogP contribution is -2.33. The molecule has 1 aliphatic carbocycles. The predicted molar refractivity (Wildman–Crippen MR) is 77.7 cm³/mol. The van der Waals surface area contributed by atoms with Gasteiger partial charge in [-0.3, -0.25) is 0 Å². The Balaban J connectivity index is 1.73. The van der Waals surface area contributed by atoms with E-state index >= 15 is 0 Å². The summed E-state index contributed by atoms with van der Waals surface area (Å²) in [6.07, 6.45) is 3.98. The number of ether oxygens (including phenoxy) is 3. The number of benzene rings is 1. The Morgan fingerprint density at radius 1 is 1.29 bits per heavy atom. The lowest BCUT2D eigenvalue weighted by molar-refractivity contribution is 0.0735. The van der Waals surface area contributed by atoms with Crippen LogP contribution in [0.3, 0.4) is 0 Å². The number of methoxy groups -OCH3 is 1. The number of hydrogen-bond donors (Lipinski definition) is 1. The third kappa shape index (κ3) is 3.23. The van der Waals surface area contributed by atoms with E-state index in [1.807, 2.05) is 18.2 Å². The van der Waals surface area contributed by atoms with Gasteiger partial charge in [-0.05, 0) is 36.5 Å². The van der Waals surface area contributed by atoms with Crippen LogP contribution in [-0.2, 0) is 4.74 Å². The smallest absolute Gasteiger partial charge is 0.407 e. The Labute approximate surface area is 124 Å². The van der Waals surface area contributed by atoms with Crippen molar-refractivity contribution in [1.29, 1.82) is 0 Å². The number of rotatable bonds is 5. The zero-order valence-electron chi connectivity index (χ0n) is 12.3. The molecule has 1 aromatic carbocycles. The number of cyclic esters (lactones) is 1. The first-order chi connectivity index (χ1) is 10.3. The van der Waals surface area contributed by atoms with Crippen molar-refractivity contribution in [3.05, 3.63) is 23.8 Å². The molecule has 3 rings (SSSR count). The van der Waals surface area contributed by atoms with Gasteiger partial charge in [0.2, 0.25) is 0 Å². The van der Waals surface area contributed by atoms with E-state index in [1.54, 1.807) is 7.11 Å². The van der Waals surface area contributed by atoms with E-state index in [9.17, 15) is 4.79 Å². The van der Waals surface area contributed by atoms with Crippen molar-refractivity contribution in [3.63, 3.8) is 0 Å². The molecule has 1 aromatic rings. The minimum Gasteiger partial charge on any atom is -0.493 e. The molecule has 0 bridgehead atoms. The summed E-state index contributed by atoms with van der Waals surface area (Å²) < 4.78 is 16.6. The largest absolute Gasteiger partial charge is 0.493 e. The standard InChI is InChI=1S/C16H21NO4/c1-19-14-6-5-12(13-7-8-17-16(18)21-13)9-15(14)20-10-11-3-2-4-11/h5-6,9,11,13H,2-4,7-8,10H2,1H3,(H,17,18). The number of alkyl carbamates (subject to hydrolysis) is 1. The van der Waals surface area contributed by atoms with Crippen LogP contribution in [0.1, 0.15) is 37.4 Å². The van der Waals surface area contributed by atoms with Crippen LogP contribution in [0.25, 0.3) is 0 Å². The first-order valence-corrected chi connectivity index (χ1v) is 7.51. The van der Waals surface area contributed by atoms with E-state index in [2.05, 4.69) is 5.32 Å². The number of amides is 1. The minimum atomic E-state index is -0.362. The predicted octanol–water partition coefficient (Wildman–Crippen LogP) is 3.05. The summed E-state index contributed by atoms with van der Waals surface area (Å²) in [5.74, 6) is 2.12. The molecule has 1 saturated carbocycles. The number of hydrogen-bond acceptors (Lipinski definition) is 4. The zero-order chi connectivity index (χ0) is 14.7. The van der Waals surface area contributed by atoms with Gasteiger partial charge in [-0.1, -0.05) is 12.5 Å². The topological polar surface area (TPSA) is 56.8 Å². The molecule has 1 heterocycles. The maximum absolute atomic E-state index is 11.3. The maximum Gasteiger partial charge on any atom is 0.407 e. The Hall–Kier alpha value is -1.91. The van der Waals surface area contributed by atoms with E-state index in [0.717, 1.165) is 30.1 Å². The Kier molecular flexibility index (Phi) is 4.18. The highest BCUT2D eigenvalue weighted by Gasteiger charge is 2.23. The molecule has 21 heavy (non-hydrogen) atoms. The number of nitrogens with one attached hydrogen (secondary N) is 1. The molecule has 5 nitrogen and oxygen atoms in total. The van der Waals surface area contributed by atoms with Crippen LogP contribution < -0.4 is 14.8 Å². The molecule has 1 atom stereocenters. The molecule has 2 aliphatic rings. The van der Waals surface area contributed by atoms with E-state index < -0.39 is 0 Å². The van der Waals surface area contributed by atoms with Gasteiger partial charge in [0.1, 0.15) is 6.10 Å². The molecule has 1 unspecified atom stereocenters. The molecule has 0 spiro atoms. The van der Waals surface area contributed by atoms with Gasteiger partial charge in [-0.2, -0.15) is 0 Å². The molecule has 2 fully saturated rings. The summed E-state index contributed by atoms with van der Waals surface area (Å²) >= 11 is 0. The van der Waals surface area contributed by atoms with Crippen molar-refractivity contribution in [2.75, 3.05) is 20.3 Å². The molecular weight excluding hydrogens is 270 g/mol. The van der Waals surface area contributed by atoms with Gasteiger partial charge in [-0.15, -0.1) is 0 Å². The molecule has 1 aliphatic heterocycles. The van der Waals surface area contributed by atoms with Gasteiger partial charge in [0, 0.05) is 13.0 Å². The molecule has 0 radical (unpaired) electrons. The summed E-state index contributed by atoms with van der Waals surface area (Å²) in [5.41, 5.74) is 0.953. The summed E-state index contributed by atoms with van der Waals surface area (Å²) in [5, 5.41) is 2.66. The van der Waals surface area contributed by atoms with Crippen molar-refractivity contribution < 1.29 is 19.0 Å². The quantitative estimate of drug-likeness (QED) is 0.906. The second kappa shape index (κ2) is 6.24. The fraction of sp³-hybridized carbons (Fsp3) is 0.562. The maximum atomic E-state index is 11.3. The summed E-state index contributed by atoms with van der Waals surface area (Å²) in [7, 11) is 1.63. The van der Waals surface area contributed by atoms with Crippen LogP contribution in [-0.4, -0.2) is 26.4 Å². The Bertz CT molecular complexity index is 513. The van der Waals surface area contributed by atoms with Gasteiger partial charge in [0.05, 0.1) is 13.7 Å². The van der Waals surface area contributed by atoms with Gasteiger partial charge < -0.3 is 19.5 Å². The second-order valence-corrected chi connectivity index (χ2v) is 5.63. The molecule has 0 aromatic heterocycles. The lowest BCUT2D eigenvalue weighted by Gasteiger charge is -2.26. The fourth-order valence-electron chi connectivity index (χ4n) is 2.64. The summed E-state index contributed by atoms with van der Waals surface area (Å²) in [6, 6.07) is 5.74. The van der Waals surface area contributed by atoms with E-state index in [4.69, 9.17) is 14.2 Å². The highest BCUT2D eigenvalue weighted by molar-refractivity contribution is 5.68. The first-order valence-electron chi connectivity index (χ1n) is 7.51. The lowest BCUT2D eigenvalue weighted by atomic mass is 9.86. The SMILES string of the molecule is COc1ccc(C2CCNC(=O)O2)cc1OCC1CCC1. The van der Waals surface area contributed by atoms with Crippen LogP contribution in [0.4, 0.5) is 4.79 Å². The summed E-state index contributed by atoms with van der Waals surface area (Å²) in [6.45, 7) is 1.36. The number of carbonyl (C=O) groups excluding carboxylic acids is 1. The van der Waals surface area contributed by atoms with Crippen LogP contribution >= 0.6 is 0 Å². The molecule has 1 amide bonds. The molecule has 114 valence electrons. The van der Waals surface area contributed by atoms with Crippen molar-refractivity contribution in [2.24, 2.45) is 5.92 Å². The molecule has 1 N–H and O–H groups in total. The van der Waals surface area contributed by atoms with E-state index in [-0.39, 0.29) is 12.2 Å². The average molecular weight is 291 g/mol. The monoisotopic (exact) mass is 291 g/mol. The van der Waals surface area contributed by atoms with Crippen molar-refractivity contribution in [1.82, 2.24) is 5.32 Å². The van der Waals surface area contributed by atoms with Crippen molar-refractivity contribution in [3.8, 4) is 11.5 Å². The molecule has 1 saturated heterocycles. The third-order valence-electron chi connectivity index (χ3n) is 4.18. The normalized spacial score (nSPS) is 22.0. The highest BCUT2D eigenvalue weighted by atomic mass is 16.6. The summed E-state index contributed by atoms with van der Waals surface area (Å²) in [4.78, 5) is 11.3. The van der Waals surface area contributed by atoms with Crippen LogP contribution in [0, 0.1) is 5.92 Å². The van der Waals surface area contributed by atoms with Gasteiger partial charge in [0.15, 0.2) is 11.5 Å². The second-order valence-electron chi connectivity index (χ2n) is 5.63. The van der Waals surface area contributed by atoms with Gasteiger partial charge in [0.25, 0.3) is 0 Å². The number of carbonyl (C=O) groups is 1. The Morgan fingerprint density at radius 3 is 2.81 bits per heavy atom. The highest BCUT2D eigenvalue weighted by Crippen LogP contribution is 2.35. The van der Waals surface area contributed by atoms with Crippen LogP contribution in [0.15, 0.2) is 18.2 Å². The van der Waals surface area contributed by atoms with Crippen molar-refractivity contribution >= 4 is 6.09 Å². The van der Waals surface area contributed by atoms with Crippen LogP contribution in [0.2, 0.25) is 0 Å². The third-order valence-corrected chi connectivity index (χ3v) is 4.18. The van der Waals surface area contributed by atoms with Crippen LogP contribution in [0.5, 0.6) is 11.5 Å². The average Bonchev–Trinajstić information content (AvgIpc) is 2.45. The molecular formula is C16H21NO4. The Morgan fingerprint density at radius 2 is 2.14 bits per heavy atom. The van der Waals surface area contributed by atoms with E-state index in [1.165, 1.54) is 19.3 Å².